The normalized spacial score (nSPS) is 16.9. The van der Waals surface area contributed by atoms with Gasteiger partial charge in [-0.05, 0) is 67.5 Å². The molecule has 1 aliphatic heterocycles. The Bertz CT molecular complexity index is 1930. The Morgan fingerprint density at radius 1 is 1.00 bits per heavy atom. The summed E-state index contributed by atoms with van der Waals surface area (Å²) in [4.78, 5) is 42.0. The van der Waals surface area contributed by atoms with Crippen LogP contribution in [0.25, 0.3) is 11.1 Å². The summed E-state index contributed by atoms with van der Waals surface area (Å²) in [5.74, 6) is 0.651. The Morgan fingerprint density at radius 3 is 2.24 bits per heavy atom. The van der Waals surface area contributed by atoms with Gasteiger partial charge in [-0.2, -0.15) is 9.40 Å². The summed E-state index contributed by atoms with van der Waals surface area (Å²) in [5.41, 5.74) is 3.62. The molecule has 3 aromatic rings. The number of aromatic amines is 1. The molecule has 2 atom stereocenters. The average Bonchev–Trinajstić information content (AvgIpc) is 3.26. The van der Waals surface area contributed by atoms with Crippen molar-refractivity contribution in [1.82, 2.24) is 24.7 Å². The summed E-state index contributed by atoms with van der Waals surface area (Å²) in [6.07, 6.45) is 1.08. The number of aromatic nitrogens is 2. The maximum Gasteiger partial charge on any atom is 0.246 e. The number of amides is 2. The van der Waals surface area contributed by atoms with Gasteiger partial charge < -0.3 is 29.7 Å². The van der Waals surface area contributed by atoms with Gasteiger partial charge in [0.1, 0.15) is 10.9 Å². The van der Waals surface area contributed by atoms with Gasteiger partial charge in [-0.1, -0.05) is 19.9 Å². The van der Waals surface area contributed by atoms with Crippen LogP contribution in [0.1, 0.15) is 55.7 Å². The van der Waals surface area contributed by atoms with Crippen LogP contribution in [0.3, 0.4) is 0 Å². The third kappa shape index (κ3) is 6.88. The van der Waals surface area contributed by atoms with Gasteiger partial charge in [0, 0.05) is 38.7 Å². The van der Waals surface area contributed by atoms with Gasteiger partial charge in [0.05, 0.1) is 44.4 Å². The van der Waals surface area contributed by atoms with E-state index in [0.29, 0.717) is 52.6 Å². The van der Waals surface area contributed by atoms with Crippen molar-refractivity contribution in [1.29, 1.82) is 0 Å². The molecule has 1 fully saturated rings. The van der Waals surface area contributed by atoms with E-state index >= 15 is 0 Å². The minimum absolute atomic E-state index is 0.128. The van der Waals surface area contributed by atoms with Crippen molar-refractivity contribution >= 4 is 27.5 Å². The van der Waals surface area contributed by atoms with Crippen LogP contribution in [0.2, 0.25) is 0 Å². The molecule has 0 bridgehead atoms. The predicted octanol–water partition coefficient (Wildman–Crippen LogP) is 3.17. The number of hydrogen-bond acceptors (Lipinski definition) is 10. The molecule has 2 unspecified atom stereocenters. The molecule has 15 heteroatoms. The number of nitrogens with zero attached hydrogens (tertiary/aromatic N) is 3. The number of methoxy groups -OCH3 is 3. The van der Waals surface area contributed by atoms with E-state index < -0.39 is 22.1 Å². The molecule has 270 valence electrons. The number of hydrogen-bond donors (Lipinski definition) is 3. The Morgan fingerprint density at radius 2 is 1.68 bits per heavy atom. The summed E-state index contributed by atoms with van der Waals surface area (Å²) in [6, 6.07) is 5.60. The molecule has 0 radical (unpaired) electrons. The zero-order chi connectivity index (χ0) is 36.5. The predicted molar refractivity (Wildman–Crippen MR) is 188 cm³/mol. The molecule has 0 saturated carbocycles. The molecule has 5 rings (SSSR count). The van der Waals surface area contributed by atoms with Gasteiger partial charge >= 0.3 is 0 Å². The van der Waals surface area contributed by atoms with Crippen molar-refractivity contribution in [2.45, 2.75) is 64.4 Å². The number of carbonyl (C=O) groups excluding carboxylic acids is 2. The maximum absolute atomic E-state index is 14.0. The third-order valence-electron chi connectivity index (χ3n) is 9.37. The zero-order valence-corrected chi connectivity index (χ0v) is 30.6. The first-order valence-corrected chi connectivity index (χ1v) is 18.0. The van der Waals surface area contributed by atoms with Crippen molar-refractivity contribution in [2.75, 3.05) is 52.8 Å². The highest BCUT2D eigenvalue weighted by Gasteiger charge is 2.36. The first-order valence-electron chi connectivity index (χ1n) is 16.6. The lowest BCUT2D eigenvalue weighted by molar-refractivity contribution is -0.134. The van der Waals surface area contributed by atoms with Crippen LogP contribution in [-0.2, 0) is 26.0 Å². The fraction of sp³-hybridized carbons (Fsp3) is 0.486. The highest BCUT2D eigenvalue weighted by molar-refractivity contribution is 7.89. The van der Waals surface area contributed by atoms with Crippen LogP contribution in [0.15, 0.2) is 34.0 Å². The van der Waals surface area contributed by atoms with E-state index in [9.17, 15) is 22.8 Å². The number of benzene rings is 1. The van der Waals surface area contributed by atoms with Crippen molar-refractivity contribution in [3.05, 3.63) is 57.0 Å². The van der Waals surface area contributed by atoms with Crippen molar-refractivity contribution in [2.24, 2.45) is 5.92 Å². The number of ether oxygens (including phenoxy) is 3. The van der Waals surface area contributed by atoms with Crippen LogP contribution < -0.4 is 30.3 Å². The molecule has 2 amide bonds. The Hall–Kier alpha value is -4.63. The summed E-state index contributed by atoms with van der Waals surface area (Å²) >= 11 is 0. The molecule has 2 heterocycles. The van der Waals surface area contributed by atoms with Crippen LogP contribution >= 0.6 is 0 Å². The van der Waals surface area contributed by atoms with E-state index in [-0.39, 0.29) is 59.9 Å². The molecule has 14 nitrogen and oxygen atoms in total. The van der Waals surface area contributed by atoms with Crippen molar-refractivity contribution in [3.63, 3.8) is 0 Å². The number of sulfonamides is 1. The summed E-state index contributed by atoms with van der Waals surface area (Å²) in [5, 5.41) is 13.0. The van der Waals surface area contributed by atoms with E-state index in [0.717, 1.165) is 11.1 Å². The number of anilines is 1. The van der Waals surface area contributed by atoms with E-state index in [4.69, 9.17) is 14.2 Å². The fourth-order valence-corrected chi connectivity index (χ4v) is 8.66. The quantitative estimate of drug-likeness (QED) is 0.284. The molecule has 1 aromatic heterocycles. The van der Waals surface area contributed by atoms with Crippen LogP contribution in [0, 0.1) is 19.8 Å². The molecule has 50 heavy (non-hydrogen) atoms. The largest absolute Gasteiger partial charge is 0.493 e. The molecule has 1 saturated heterocycles. The lowest BCUT2D eigenvalue weighted by Crippen LogP contribution is -2.55. The number of nitrogens with one attached hydrogen (secondary N) is 3. The number of carbonyl (C=O) groups is 2. The van der Waals surface area contributed by atoms with Crippen molar-refractivity contribution < 1.29 is 32.2 Å². The second-order valence-electron chi connectivity index (χ2n) is 13.0. The van der Waals surface area contributed by atoms with Gasteiger partial charge in [-0.3, -0.25) is 19.5 Å². The highest BCUT2D eigenvalue weighted by atomic mass is 32.2. The number of fused-ring (bicyclic) bond motifs is 3. The number of rotatable bonds is 10. The van der Waals surface area contributed by atoms with Crippen molar-refractivity contribution in [3.8, 4) is 28.4 Å². The van der Waals surface area contributed by atoms with Gasteiger partial charge in [0.25, 0.3) is 0 Å². The second-order valence-corrected chi connectivity index (χ2v) is 14.8. The standard InChI is InChI=1S/C35H46N6O8S/c1-19(2)31(35(44)40-13-15-41(16-14-40)50(45,46)34-20(3)38-39-21(34)4)37-27-12-10-24-25(18-28(27)43)26(36-22(5)42)11-9-23-17-29(47-6)32(48-7)33(49-8)30(23)24/h10,12,17-19,26,31H,9,11,13-16H2,1-8H3,(H,36,42)(H,37,43)(H,38,39). The van der Waals surface area contributed by atoms with Crippen LogP contribution in [0.5, 0.6) is 17.2 Å². The average molecular weight is 711 g/mol. The second kappa shape index (κ2) is 14.7. The molecular weight excluding hydrogens is 664 g/mol. The van der Waals surface area contributed by atoms with Crippen LogP contribution in [-0.4, -0.2) is 93.2 Å². The van der Waals surface area contributed by atoms with E-state index in [1.165, 1.54) is 31.5 Å². The van der Waals surface area contributed by atoms with Gasteiger partial charge in [-0.15, -0.1) is 0 Å². The Kier molecular flexibility index (Phi) is 10.8. The molecule has 0 spiro atoms. The SMILES string of the molecule is COc1cc2c(c(OC)c1OC)-c1ccc(NC(C(=O)N3CCN(S(=O)(=O)c4c(C)n[nH]c4C)CC3)C(C)C)c(=O)cc1C(NC(C)=O)CC2. The topological polar surface area (TPSA) is 172 Å². The van der Waals surface area contributed by atoms with Gasteiger partial charge in [-0.25, -0.2) is 8.42 Å². The van der Waals surface area contributed by atoms with E-state index in [1.807, 2.05) is 19.9 Å². The minimum Gasteiger partial charge on any atom is -0.493 e. The lowest BCUT2D eigenvalue weighted by atomic mass is 9.95. The number of piperazine rings is 1. The molecular formula is C35H46N6O8S. The van der Waals surface area contributed by atoms with E-state index in [2.05, 4.69) is 20.8 Å². The monoisotopic (exact) mass is 710 g/mol. The zero-order valence-electron chi connectivity index (χ0n) is 29.8. The van der Waals surface area contributed by atoms with Crippen LogP contribution in [0.4, 0.5) is 5.69 Å². The first-order chi connectivity index (χ1) is 23.7. The molecule has 2 aromatic carbocycles. The Balaban J connectivity index is 1.48. The lowest BCUT2D eigenvalue weighted by Gasteiger charge is -2.36. The molecule has 3 N–H and O–H groups in total. The molecule has 2 aliphatic rings. The number of H-pyrrole nitrogens is 1. The maximum atomic E-state index is 14.0. The summed E-state index contributed by atoms with van der Waals surface area (Å²) in [6.45, 7) is 9.16. The van der Waals surface area contributed by atoms with Gasteiger partial charge in [0.2, 0.25) is 33.0 Å². The highest BCUT2D eigenvalue weighted by Crippen LogP contribution is 2.50. The molecule has 1 aliphatic carbocycles. The first kappa shape index (κ1) is 36.6. The number of aryl methyl sites for hydroxylation is 3. The summed E-state index contributed by atoms with van der Waals surface area (Å²) < 4.78 is 45.3. The Labute approximate surface area is 292 Å². The van der Waals surface area contributed by atoms with Gasteiger partial charge in [0.15, 0.2) is 11.5 Å². The minimum atomic E-state index is -3.79. The fourth-order valence-electron chi connectivity index (χ4n) is 6.90. The smallest absolute Gasteiger partial charge is 0.246 e. The summed E-state index contributed by atoms with van der Waals surface area (Å²) in [7, 11) is 0.820. The van der Waals surface area contributed by atoms with E-state index in [1.54, 1.807) is 38.0 Å². The third-order valence-corrected chi connectivity index (χ3v) is 11.5.